The molecule has 168 valence electrons. The lowest BCUT2D eigenvalue weighted by Gasteiger charge is -2.16. The minimum atomic E-state index is -0.0198. The number of aryl methyl sites for hydroxylation is 1. The van der Waals surface area contributed by atoms with Crippen LogP contribution in [-0.2, 0) is 17.8 Å². The number of ether oxygens (including phenoxy) is 2. The highest BCUT2D eigenvalue weighted by Crippen LogP contribution is 2.37. The van der Waals surface area contributed by atoms with Gasteiger partial charge < -0.3 is 9.47 Å². The number of carbonyl (C=O) groups is 1. The number of aliphatic imine (C=N–C) groups is 1. The fourth-order valence-corrected chi connectivity index (χ4v) is 4.53. The number of rotatable bonds is 9. The molecule has 1 aliphatic rings. The molecule has 0 N–H and O–H groups in total. The van der Waals surface area contributed by atoms with E-state index >= 15 is 0 Å². The number of amidine groups is 1. The van der Waals surface area contributed by atoms with Gasteiger partial charge in [0.2, 0.25) is 0 Å². The van der Waals surface area contributed by atoms with Crippen LogP contribution in [0.2, 0.25) is 0 Å². The van der Waals surface area contributed by atoms with Crippen LogP contribution in [0.1, 0.15) is 36.1 Å². The zero-order valence-electron chi connectivity index (χ0n) is 19.2. The predicted molar refractivity (Wildman–Crippen MR) is 133 cm³/mol. The van der Waals surface area contributed by atoms with Gasteiger partial charge in [0.05, 0.1) is 12.0 Å². The molecule has 0 bridgehead atoms. The molecule has 6 heteroatoms. The first-order valence-electron chi connectivity index (χ1n) is 10.8. The maximum atomic E-state index is 12.8. The van der Waals surface area contributed by atoms with Crippen LogP contribution in [-0.4, -0.2) is 36.2 Å². The third kappa shape index (κ3) is 5.43. The maximum absolute atomic E-state index is 12.8. The molecule has 0 atom stereocenters. The van der Waals surface area contributed by atoms with Crippen molar-refractivity contribution >= 4 is 28.9 Å². The summed E-state index contributed by atoms with van der Waals surface area (Å²) in [5.74, 6) is 1.31. The summed E-state index contributed by atoms with van der Waals surface area (Å²) in [4.78, 5) is 19.6. The van der Waals surface area contributed by atoms with Crippen molar-refractivity contribution in [2.24, 2.45) is 4.99 Å². The Balaban J connectivity index is 1.93. The number of thioether (sulfide) groups is 1. The van der Waals surface area contributed by atoms with Crippen LogP contribution in [0.15, 0.2) is 59.0 Å². The summed E-state index contributed by atoms with van der Waals surface area (Å²) >= 11 is 1.41. The number of allylic oxidation sites excluding steroid dienone is 1. The summed E-state index contributed by atoms with van der Waals surface area (Å²) < 4.78 is 11.8. The third-order valence-electron chi connectivity index (χ3n) is 5.04. The summed E-state index contributed by atoms with van der Waals surface area (Å²) in [6.45, 7) is 11.6. The van der Waals surface area contributed by atoms with Crippen LogP contribution < -0.4 is 9.47 Å². The highest BCUT2D eigenvalue weighted by Gasteiger charge is 2.32. The van der Waals surface area contributed by atoms with Crippen molar-refractivity contribution in [3.05, 3.63) is 76.2 Å². The second-order valence-corrected chi connectivity index (χ2v) is 8.40. The Kier molecular flexibility index (Phi) is 8.17. The zero-order chi connectivity index (χ0) is 23.1. The summed E-state index contributed by atoms with van der Waals surface area (Å²) in [5.41, 5.74) is 4.14. The minimum absolute atomic E-state index is 0.0198. The van der Waals surface area contributed by atoms with Gasteiger partial charge in [-0.25, -0.2) is 0 Å². The van der Waals surface area contributed by atoms with Crippen molar-refractivity contribution in [2.75, 3.05) is 20.2 Å². The summed E-state index contributed by atoms with van der Waals surface area (Å²) in [6, 6.07) is 12.2. The molecule has 0 aromatic heterocycles. The molecule has 2 aromatic carbocycles. The van der Waals surface area contributed by atoms with E-state index in [4.69, 9.17) is 9.47 Å². The Bertz CT molecular complexity index is 1040. The summed E-state index contributed by atoms with van der Waals surface area (Å²) in [6.07, 6.45) is 4.36. The molecular weight excluding hydrogens is 420 g/mol. The fraction of sp³-hybridized carbons (Fsp3) is 0.308. The fourth-order valence-electron chi connectivity index (χ4n) is 3.42. The van der Waals surface area contributed by atoms with Gasteiger partial charge in [-0.15, -0.1) is 6.58 Å². The smallest absolute Gasteiger partial charge is 0.266 e. The number of nitrogens with zero attached hydrogens (tertiary/aromatic N) is 2. The highest BCUT2D eigenvalue weighted by atomic mass is 32.2. The number of benzene rings is 2. The van der Waals surface area contributed by atoms with Crippen molar-refractivity contribution in [2.45, 2.75) is 33.8 Å². The van der Waals surface area contributed by atoms with Crippen LogP contribution >= 0.6 is 11.8 Å². The van der Waals surface area contributed by atoms with Gasteiger partial charge >= 0.3 is 0 Å². The van der Waals surface area contributed by atoms with Gasteiger partial charge in [0.15, 0.2) is 16.7 Å². The lowest BCUT2D eigenvalue weighted by Crippen LogP contribution is -2.28. The molecule has 32 heavy (non-hydrogen) atoms. The molecule has 1 saturated heterocycles. The van der Waals surface area contributed by atoms with Gasteiger partial charge in [-0.3, -0.25) is 14.7 Å². The van der Waals surface area contributed by atoms with Gasteiger partial charge in [0.1, 0.15) is 6.61 Å². The number of methoxy groups -OCH3 is 1. The van der Waals surface area contributed by atoms with Crippen LogP contribution in [0.25, 0.3) is 6.08 Å². The molecule has 1 aliphatic heterocycles. The molecule has 5 nitrogen and oxygen atoms in total. The van der Waals surface area contributed by atoms with Gasteiger partial charge in [-0.2, -0.15) is 0 Å². The predicted octanol–water partition coefficient (Wildman–Crippen LogP) is 5.62. The van der Waals surface area contributed by atoms with Gasteiger partial charge in [0, 0.05) is 18.7 Å². The van der Waals surface area contributed by atoms with E-state index in [2.05, 4.69) is 42.8 Å². The SMILES string of the molecule is C=CCc1cc(/C=C2\SC(=NCC)N(CC)C2=O)cc(OC)c1OCc1ccc(C)cc1. The van der Waals surface area contributed by atoms with Crippen LogP contribution in [0.3, 0.4) is 0 Å². The Labute approximate surface area is 194 Å². The van der Waals surface area contributed by atoms with E-state index in [-0.39, 0.29) is 5.91 Å². The van der Waals surface area contributed by atoms with Crippen molar-refractivity contribution in [3.63, 3.8) is 0 Å². The quantitative estimate of drug-likeness (QED) is 0.367. The second kappa shape index (κ2) is 11.0. The molecule has 1 amide bonds. The Hall–Kier alpha value is -2.99. The van der Waals surface area contributed by atoms with E-state index in [0.717, 1.165) is 21.9 Å². The molecule has 0 aliphatic carbocycles. The van der Waals surface area contributed by atoms with Gasteiger partial charge in [-0.05, 0) is 68.3 Å². The van der Waals surface area contributed by atoms with E-state index in [1.165, 1.54) is 17.3 Å². The topological polar surface area (TPSA) is 51.1 Å². The average molecular weight is 451 g/mol. The minimum Gasteiger partial charge on any atom is -0.493 e. The van der Waals surface area contributed by atoms with E-state index in [1.807, 2.05) is 38.1 Å². The summed E-state index contributed by atoms with van der Waals surface area (Å²) in [7, 11) is 1.63. The first-order valence-corrected chi connectivity index (χ1v) is 11.6. The van der Waals surface area contributed by atoms with Crippen molar-refractivity contribution < 1.29 is 14.3 Å². The second-order valence-electron chi connectivity index (χ2n) is 7.40. The molecular formula is C26H30N2O3S. The zero-order valence-corrected chi connectivity index (χ0v) is 20.0. The van der Waals surface area contributed by atoms with Crippen LogP contribution in [0, 0.1) is 6.92 Å². The Morgan fingerprint density at radius 1 is 1.19 bits per heavy atom. The van der Waals surface area contributed by atoms with Crippen LogP contribution in [0.4, 0.5) is 0 Å². The highest BCUT2D eigenvalue weighted by molar-refractivity contribution is 8.18. The molecule has 2 aromatic rings. The molecule has 0 radical (unpaired) electrons. The van der Waals surface area contributed by atoms with Crippen molar-refractivity contribution in [1.29, 1.82) is 0 Å². The summed E-state index contributed by atoms with van der Waals surface area (Å²) in [5, 5.41) is 0.752. The first kappa shape index (κ1) is 23.7. The molecule has 0 unspecified atom stereocenters. The number of amides is 1. The molecule has 1 heterocycles. The van der Waals surface area contributed by atoms with Gasteiger partial charge in [-0.1, -0.05) is 35.9 Å². The van der Waals surface area contributed by atoms with Crippen molar-refractivity contribution in [3.8, 4) is 11.5 Å². The number of hydrogen-bond donors (Lipinski definition) is 0. The van der Waals surface area contributed by atoms with Gasteiger partial charge in [0.25, 0.3) is 5.91 Å². The lowest BCUT2D eigenvalue weighted by molar-refractivity contribution is -0.122. The third-order valence-corrected chi connectivity index (χ3v) is 6.08. The first-order chi connectivity index (χ1) is 15.5. The normalized spacial score (nSPS) is 16.1. The molecule has 0 saturated carbocycles. The molecule has 3 rings (SSSR count). The number of likely N-dealkylation sites (N-methyl/N-ethyl adjacent to an activating group) is 1. The lowest BCUT2D eigenvalue weighted by atomic mass is 10.0. The average Bonchev–Trinajstić information content (AvgIpc) is 3.08. The van der Waals surface area contributed by atoms with Crippen molar-refractivity contribution in [1.82, 2.24) is 4.90 Å². The van der Waals surface area contributed by atoms with E-state index in [9.17, 15) is 4.79 Å². The monoisotopic (exact) mass is 450 g/mol. The Morgan fingerprint density at radius 3 is 2.56 bits per heavy atom. The Morgan fingerprint density at radius 2 is 1.94 bits per heavy atom. The standard InChI is InChI=1S/C26H30N2O3S/c1-6-9-21-14-20(16-23-25(29)28(8-3)26(32-23)27-7-2)15-22(30-5)24(21)31-17-19-12-10-18(4)11-13-19/h6,10-16H,1,7-9,17H2,2-5H3/b23-16-,27-26?. The largest absolute Gasteiger partial charge is 0.493 e. The number of carbonyl (C=O) groups excluding carboxylic acids is 1. The van der Waals surface area contributed by atoms with E-state index < -0.39 is 0 Å². The number of hydrogen-bond acceptors (Lipinski definition) is 5. The van der Waals surface area contributed by atoms with E-state index in [0.29, 0.717) is 42.5 Å². The van der Waals surface area contributed by atoms with Crippen LogP contribution in [0.5, 0.6) is 11.5 Å². The molecule has 0 spiro atoms. The van der Waals surface area contributed by atoms with E-state index in [1.54, 1.807) is 12.0 Å². The molecule has 1 fully saturated rings. The maximum Gasteiger partial charge on any atom is 0.266 e.